The molecule has 3 heterocycles. The van der Waals surface area contributed by atoms with Crippen molar-refractivity contribution in [2.75, 3.05) is 23.9 Å². The van der Waals surface area contributed by atoms with E-state index in [9.17, 15) is 33.3 Å². The van der Waals surface area contributed by atoms with Crippen molar-refractivity contribution in [3.8, 4) is 0 Å². The molecule has 0 aliphatic carbocycles. The normalized spacial score (nSPS) is 21.5. The zero-order valence-corrected chi connectivity index (χ0v) is 22.5. The molecule has 3 atom stereocenters. The number of β-lactam (4-membered cyclic amide) rings is 1. The molecule has 1 aromatic heterocycles. The van der Waals surface area contributed by atoms with E-state index in [4.69, 9.17) is 9.57 Å². The highest BCUT2D eigenvalue weighted by Crippen LogP contribution is 2.37. The van der Waals surface area contributed by atoms with E-state index in [1.54, 1.807) is 27.0 Å². The number of aliphatic carboxylic acids is 1. The van der Waals surface area contributed by atoms with Gasteiger partial charge in [0.25, 0.3) is 11.8 Å². The number of aromatic nitrogens is 1. The summed E-state index contributed by atoms with van der Waals surface area (Å²) in [6.45, 7) is 4.34. The number of esters is 1. The first-order chi connectivity index (χ1) is 17.4. The molecule has 0 aromatic carbocycles. The number of ether oxygens (including phenoxy) is 1. The van der Waals surface area contributed by atoms with Crippen molar-refractivity contribution in [3.05, 3.63) is 21.7 Å². The summed E-state index contributed by atoms with van der Waals surface area (Å²) in [6, 6.07) is -1.30. The smallest absolute Gasteiger partial charge is 0.353 e. The van der Waals surface area contributed by atoms with Gasteiger partial charge >= 0.3 is 11.9 Å². The summed E-state index contributed by atoms with van der Waals surface area (Å²) < 4.78 is 17.9. The maximum atomic E-state index is 13.1. The number of nitrogens with zero attached hydrogens (tertiary/aromatic N) is 3. The molecule has 37 heavy (non-hydrogen) atoms. The van der Waals surface area contributed by atoms with Crippen LogP contribution < -0.4 is 10.6 Å². The number of hydrogen-bond acceptors (Lipinski definition) is 12. The molecule has 2 unspecified atom stereocenters. The van der Waals surface area contributed by atoms with E-state index in [1.165, 1.54) is 5.38 Å². The topological polar surface area (TPSA) is 194 Å². The van der Waals surface area contributed by atoms with Crippen LogP contribution in [0.25, 0.3) is 0 Å². The monoisotopic (exact) mass is 573 g/mol. The lowest BCUT2D eigenvalue weighted by atomic mass is 10.0. The maximum Gasteiger partial charge on any atom is 0.353 e. The Kier molecular flexibility index (Phi) is 8.70. The van der Waals surface area contributed by atoms with E-state index in [2.05, 4.69) is 20.8 Å². The molecule has 3 rings (SSSR count). The van der Waals surface area contributed by atoms with E-state index in [1.807, 2.05) is 0 Å². The molecule has 2 aliphatic rings. The Labute approximate surface area is 221 Å². The van der Waals surface area contributed by atoms with Crippen LogP contribution in [-0.2, 0) is 44.3 Å². The van der Waals surface area contributed by atoms with Crippen molar-refractivity contribution in [2.24, 2.45) is 5.16 Å². The number of carbonyl (C=O) groups is 5. The number of thiazole rings is 1. The Morgan fingerprint density at radius 1 is 1.41 bits per heavy atom. The summed E-state index contributed by atoms with van der Waals surface area (Å²) in [5, 5.41) is 18.4. The average Bonchev–Trinajstić information content (AvgIpc) is 3.26. The van der Waals surface area contributed by atoms with Gasteiger partial charge < -0.3 is 25.3 Å². The minimum atomic E-state index is -1.69. The molecule has 3 amide bonds. The zero-order chi connectivity index (χ0) is 27.5. The van der Waals surface area contributed by atoms with Gasteiger partial charge in [0.2, 0.25) is 13.0 Å². The number of thioether (sulfide) groups is 1. The predicted octanol–water partition coefficient (Wildman–Crippen LogP) is -0.152. The van der Waals surface area contributed by atoms with Crippen LogP contribution in [0.1, 0.15) is 26.5 Å². The van der Waals surface area contributed by atoms with Gasteiger partial charge in [-0.2, -0.15) is 0 Å². The number of amides is 3. The van der Waals surface area contributed by atoms with Crippen molar-refractivity contribution < 1.29 is 42.9 Å². The highest BCUT2D eigenvalue weighted by atomic mass is 32.2. The quantitative estimate of drug-likeness (QED) is 0.111. The first-order valence-corrected chi connectivity index (χ1v) is 14.0. The van der Waals surface area contributed by atoms with Crippen LogP contribution in [-0.4, -0.2) is 90.7 Å². The van der Waals surface area contributed by atoms with Gasteiger partial charge in [0.1, 0.15) is 28.4 Å². The van der Waals surface area contributed by atoms with Gasteiger partial charge in [0.05, 0.1) is 16.6 Å². The lowest BCUT2D eigenvalue weighted by molar-refractivity contribution is -0.160. The fourth-order valence-corrected chi connectivity index (χ4v) is 6.69. The second kappa shape index (κ2) is 11.4. The summed E-state index contributed by atoms with van der Waals surface area (Å²) in [5.74, 6) is -3.90. The molecular weight excluding hydrogens is 550 g/mol. The van der Waals surface area contributed by atoms with Gasteiger partial charge in [-0.15, -0.1) is 23.1 Å². The molecule has 0 bridgehead atoms. The molecular formula is C20H23N5O9S3. The van der Waals surface area contributed by atoms with Crippen molar-refractivity contribution >= 4 is 74.9 Å². The van der Waals surface area contributed by atoms with Crippen LogP contribution in [0.4, 0.5) is 5.13 Å². The van der Waals surface area contributed by atoms with E-state index < -0.39 is 63.9 Å². The molecule has 2 aliphatic heterocycles. The number of carbonyl (C=O) groups excluding carboxylic acids is 4. The summed E-state index contributed by atoms with van der Waals surface area (Å²) in [6.07, 6.45) is 2.00. The summed E-state index contributed by atoms with van der Waals surface area (Å²) in [4.78, 5) is 70.5. The van der Waals surface area contributed by atoms with Gasteiger partial charge in [-0.05, 0) is 27.0 Å². The lowest BCUT2D eigenvalue weighted by Crippen LogP contribution is -2.73. The third kappa shape index (κ3) is 6.34. The number of oxime groups is 1. The second-order valence-corrected chi connectivity index (χ2v) is 11.7. The Hall–Kier alpha value is -3.31. The Morgan fingerprint density at radius 2 is 2.11 bits per heavy atom. The maximum absolute atomic E-state index is 13.1. The largest absolute Gasteiger partial charge is 0.477 e. The highest BCUT2D eigenvalue weighted by molar-refractivity contribution is 8.03. The second-order valence-electron chi connectivity index (χ2n) is 8.46. The van der Waals surface area contributed by atoms with Crippen molar-refractivity contribution in [1.82, 2.24) is 15.2 Å². The SMILES string of the molecule is CSC1=C(C(=O)O)N2C(=O)C(NC(=O)C(=NOCC(=O)OC(C)(C)C)c3csc(NC=O)n3)[C@@H]2S(=O)C1. The molecule has 3 N–H and O–H groups in total. The minimum absolute atomic E-state index is 0.0415. The van der Waals surface area contributed by atoms with Crippen LogP contribution in [0, 0.1) is 0 Å². The Balaban J connectivity index is 1.82. The average molecular weight is 574 g/mol. The number of rotatable bonds is 10. The summed E-state index contributed by atoms with van der Waals surface area (Å²) >= 11 is 2.05. The zero-order valence-electron chi connectivity index (χ0n) is 20.0. The van der Waals surface area contributed by atoms with Crippen LogP contribution in [0.15, 0.2) is 21.1 Å². The molecule has 17 heteroatoms. The van der Waals surface area contributed by atoms with Crippen LogP contribution in [0.3, 0.4) is 0 Å². The molecule has 200 valence electrons. The predicted molar refractivity (Wildman–Crippen MR) is 134 cm³/mol. The van der Waals surface area contributed by atoms with E-state index in [-0.39, 0.29) is 27.2 Å². The van der Waals surface area contributed by atoms with Crippen molar-refractivity contribution in [3.63, 3.8) is 0 Å². The standard InChI is InChI=1S/C20H23N5O9S3/c1-20(2,3)34-11(27)5-33-24-12(9-6-36-19(22-9)21-8-26)15(28)23-13-16(29)25-14(18(30)31)10(35-4)7-37(32)17(13)25/h6,8,13,17H,5,7H2,1-4H3,(H,23,28)(H,30,31)(H,21,22,26)/t13?,17-,37?/m0/s1. The third-order valence-corrected chi connectivity index (χ3v) is 8.11. The Bertz CT molecular complexity index is 1220. The van der Waals surface area contributed by atoms with Crippen molar-refractivity contribution in [2.45, 2.75) is 37.8 Å². The number of carboxylic acid groups (broad SMARTS) is 1. The molecule has 1 fully saturated rings. The third-order valence-electron chi connectivity index (χ3n) is 4.73. The molecule has 0 radical (unpaired) electrons. The van der Waals surface area contributed by atoms with Gasteiger partial charge in [-0.1, -0.05) is 5.16 Å². The molecule has 1 saturated heterocycles. The fraction of sp³-hybridized carbons (Fsp3) is 0.450. The molecule has 1 aromatic rings. The lowest BCUT2D eigenvalue weighted by Gasteiger charge is -2.48. The minimum Gasteiger partial charge on any atom is -0.477 e. The first-order valence-electron chi connectivity index (χ1n) is 10.5. The number of anilines is 1. The Morgan fingerprint density at radius 3 is 2.70 bits per heavy atom. The van der Waals surface area contributed by atoms with Crippen LogP contribution in [0.2, 0.25) is 0 Å². The van der Waals surface area contributed by atoms with Gasteiger partial charge in [0, 0.05) is 10.3 Å². The van der Waals surface area contributed by atoms with E-state index >= 15 is 0 Å². The van der Waals surface area contributed by atoms with Crippen molar-refractivity contribution in [1.29, 1.82) is 0 Å². The first kappa shape index (κ1) is 28.3. The van der Waals surface area contributed by atoms with E-state index in [0.717, 1.165) is 28.0 Å². The number of nitrogens with one attached hydrogen (secondary N) is 2. The highest BCUT2D eigenvalue weighted by Gasteiger charge is 2.57. The molecule has 0 spiro atoms. The van der Waals surface area contributed by atoms with Crippen LogP contribution in [0.5, 0.6) is 0 Å². The van der Waals surface area contributed by atoms with Gasteiger partial charge in [-0.3, -0.25) is 23.5 Å². The number of hydrogen-bond donors (Lipinski definition) is 3. The summed E-state index contributed by atoms with van der Waals surface area (Å²) in [5.41, 5.74) is -1.53. The fourth-order valence-electron chi connectivity index (χ4n) is 3.33. The summed E-state index contributed by atoms with van der Waals surface area (Å²) in [7, 11) is -1.69. The number of carboxylic acids is 1. The van der Waals surface area contributed by atoms with Crippen LogP contribution >= 0.6 is 23.1 Å². The molecule has 14 nitrogen and oxygen atoms in total. The van der Waals surface area contributed by atoms with Gasteiger partial charge in [0.15, 0.2) is 10.8 Å². The van der Waals surface area contributed by atoms with E-state index in [0.29, 0.717) is 6.41 Å². The number of fused-ring (bicyclic) bond motifs is 1. The van der Waals surface area contributed by atoms with Gasteiger partial charge in [-0.25, -0.2) is 14.6 Å². The molecule has 0 saturated carbocycles.